The summed E-state index contributed by atoms with van der Waals surface area (Å²) in [6.45, 7) is 6.12. The highest BCUT2D eigenvalue weighted by Crippen LogP contribution is 2.27. The molecule has 0 saturated heterocycles. The van der Waals surface area contributed by atoms with E-state index in [0.29, 0.717) is 23.5 Å². The van der Waals surface area contributed by atoms with Crippen LogP contribution in [0.3, 0.4) is 0 Å². The fourth-order valence-electron chi connectivity index (χ4n) is 2.66. The van der Waals surface area contributed by atoms with Gasteiger partial charge in [0.1, 0.15) is 0 Å². The molecule has 1 heterocycles. The van der Waals surface area contributed by atoms with E-state index in [2.05, 4.69) is 11.2 Å². The van der Waals surface area contributed by atoms with Crippen LogP contribution in [0.2, 0.25) is 0 Å². The summed E-state index contributed by atoms with van der Waals surface area (Å²) in [6.07, 6.45) is -1.07. The molecule has 0 saturated carbocycles. The number of anilines is 1. The predicted octanol–water partition coefficient (Wildman–Crippen LogP) is 3.68. The Morgan fingerprint density at radius 2 is 2.21 bits per heavy atom. The number of rotatable bonds is 5. The van der Waals surface area contributed by atoms with Gasteiger partial charge in [0.05, 0.1) is 47.2 Å². The van der Waals surface area contributed by atoms with Crippen LogP contribution >= 0.6 is 11.6 Å². The summed E-state index contributed by atoms with van der Waals surface area (Å²) >= 11 is 6.03. The summed E-state index contributed by atoms with van der Waals surface area (Å²) in [4.78, 5) is 13.0. The van der Waals surface area contributed by atoms with Crippen LogP contribution in [-0.2, 0) is 13.1 Å². The summed E-state index contributed by atoms with van der Waals surface area (Å²) in [5, 5.41) is 22.9. The Bertz CT molecular complexity index is 792. The first-order valence-corrected chi connectivity index (χ1v) is 7.94. The second-order valence-corrected chi connectivity index (χ2v) is 6.41. The molecule has 2 rings (SSSR count). The molecule has 1 aromatic carbocycles. The van der Waals surface area contributed by atoms with E-state index in [1.165, 1.54) is 4.90 Å². The zero-order valence-corrected chi connectivity index (χ0v) is 14.6. The maximum Gasteiger partial charge on any atom is 0.412 e. The van der Waals surface area contributed by atoms with Crippen molar-refractivity contribution in [2.75, 3.05) is 4.90 Å². The minimum atomic E-state index is -1.07. The van der Waals surface area contributed by atoms with Crippen LogP contribution in [0.1, 0.15) is 29.4 Å². The smallest absolute Gasteiger partial charge is 0.412 e. The molecule has 6 nitrogen and oxygen atoms in total. The topological polar surface area (TPSA) is 82.2 Å². The van der Waals surface area contributed by atoms with E-state index in [4.69, 9.17) is 16.9 Å². The van der Waals surface area contributed by atoms with Crippen molar-refractivity contribution < 1.29 is 9.90 Å². The zero-order chi connectivity index (χ0) is 17.9. The van der Waals surface area contributed by atoms with E-state index in [-0.39, 0.29) is 11.9 Å². The number of carboxylic acid groups (broad SMARTS) is 1. The fourth-order valence-corrected chi connectivity index (χ4v) is 2.79. The van der Waals surface area contributed by atoms with E-state index >= 15 is 0 Å². The highest BCUT2D eigenvalue weighted by atomic mass is 35.5. The van der Waals surface area contributed by atoms with Gasteiger partial charge in [-0.15, -0.1) is 11.6 Å². The Balaban J connectivity index is 2.39. The van der Waals surface area contributed by atoms with Crippen LogP contribution in [0.5, 0.6) is 0 Å². The van der Waals surface area contributed by atoms with Crippen molar-refractivity contribution in [1.82, 2.24) is 9.78 Å². The van der Waals surface area contributed by atoms with Gasteiger partial charge in [-0.05, 0) is 38.5 Å². The maximum atomic E-state index is 11.8. The number of carbonyl (C=O) groups is 1. The number of benzene rings is 1. The number of aryl methyl sites for hydroxylation is 1. The van der Waals surface area contributed by atoms with Crippen molar-refractivity contribution in [2.24, 2.45) is 0 Å². The molecule has 0 bridgehead atoms. The molecule has 7 heteroatoms. The lowest BCUT2D eigenvalue weighted by atomic mass is 10.1. The Kier molecular flexibility index (Phi) is 5.47. The normalized spacial score (nSPS) is 11.8. The van der Waals surface area contributed by atoms with Crippen LogP contribution in [0.4, 0.5) is 10.5 Å². The Morgan fingerprint density at radius 1 is 1.50 bits per heavy atom. The minimum Gasteiger partial charge on any atom is -0.465 e. The average molecular weight is 347 g/mol. The van der Waals surface area contributed by atoms with Crippen LogP contribution in [0.25, 0.3) is 0 Å². The molecule has 0 aliphatic carbocycles. The molecule has 126 valence electrons. The minimum absolute atomic E-state index is 0.110. The fraction of sp³-hybridized carbons (Fsp3) is 0.353. The number of aromatic nitrogens is 2. The molecule has 1 N–H and O–H groups in total. The van der Waals surface area contributed by atoms with Gasteiger partial charge in [-0.2, -0.15) is 10.4 Å². The third-order valence-corrected chi connectivity index (χ3v) is 3.80. The van der Waals surface area contributed by atoms with Crippen LogP contribution < -0.4 is 4.90 Å². The van der Waals surface area contributed by atoms with E-state index in [9.17, 15) is 9.90 Å². The maximum absolute atomic E-state index is 11.8. The third kappa shape index (κ3) is 3.87. The van der Waals surface area contributed by atoms with Gasteiger partial charge in [-0.3, -0.25) is 9.58 Å². The highest BCUT2D eigenvalue weighted by Gasteiger charge is 2.23. The standard InChI is InChI=1S/C17H19ClN4O2/c1-11(18)9-22-13(3)16(12(2)20-22)21(17(23)24)10-15-6-4-5-14(7-15)8-19/h4-7,11H,9-10H2,1-3H3,(H,23,24). The number of hydrogen-bond donors (Lipinski definition) is 1. The van der Waals surface area contributed by atoms with Gasteiger partial charge >= 0.3 is 6.09 Å². The van der Waals surface area contributed by atoms with Gasteiger partial charge < -0.3 is 5.11 Å². The first-order valence-electron chi connectivity index (χ1n) is 7.51. The molecule has 0 aliphatic heterocycles. The molecule has 0 fully saturated rings. The molecule has 1 unspecified atom stereocenters. The quantitative estimate of drug-likeness (QED) is 0.837. The summed E-state index contributed by atoms with van der Waals surface area (Å²) in [7, 11) is 0. The molecular weight excluding hydrogens is 328 g/mol. The van der Waals surface area contributed by atoms with E-state index in [1.54, 1.807) is 35.9 Å². The number of nitrogens with zero attached hydrogens (tertiary/aromatic N) is 4. The summed E-state index contributed by atoms with van der Waals surface area (Å²) < 4.78 is 1.73. The van der Waals surface area contributed by atoms with Crippen molar-refractivity contribution in [2.45, 2.75) is 39.2 Å². The first kappa shape index (κ1) is 17.8. The highest BCUT2D eigenvalue weighted by molar-refractivity contribution is 6.20. The monoisotopic (exact) mass is 346 g/mol. The Labute approximate surface area is 145 Å². The van der Waals surface area contributed by atoms with Gasteiger partial charge in [-0.25, -0.2) is 4.79 Å². The van der Waals surface area contributed by atoms with Crippen LogP contribution in [-0.4, -0.2) is 26.4 Å². The van der Waals surface area contributed by atoms with E-state index in [0.717, 1.165) is 11.3 Å². The molecule has 1 amide bonds. The zero-order valence-electron chi connectivity index (χ0n) is 13.8. The Hall–Kier alpha value is -2.52. The average Bonchev–Trinajstić information content (AvgIpc) is 2.78. The van der Waals surface area contributed by atoms with Gasteiger partial charge in [0, 0.05) is 0 Å². The molecule has 1 atom stereocenters. The largest absolute Gasteiger partial charge is 0.465 e. The number of halogens is 1. The second-order valence-electron chi connectivity index (χ2n) is 5.66. The first-order chi connectivity index (χ1) is 11.3. The Morgan fingerprint density at radius 3 is 2.79 bits per heavy atom. The van der Waals surface area contributed by atoms with Crippen molar-refractivity contribution in [3.05, 3.63) is 46.8 Å². The van der Waals surface area contributed by atoms with Gasteiger partial charge in [-0.1, -0.05) is 12.1 Å². The number of nitriles is 1. The van der Waals surface area contributed by atoms with Crippen LogP contribution in [0.15, 0.2) is 24.3 Å². The van der Waals surface area contributed by atoms with Crippen molar-refractivity contribution >= 4 is 23.4 Å². The molecule has 1 aromatic heterocycles. The number of hydrogen-bond acceptors (Lipinski definition) is 3. The predicted molar refractivity (Wildman–Crippen MR) is 92.4 cm³/mol. The molecule has 0 spiro atoms. The summed E-state index contributed by atoms with van der Waals surface area (Å²) in [5.41, 5.74) is 3.18. The second kappa shape index (κ2) is 7.37. The molecule has 24 heavy (non-hydrogen) atoms. The number of amides is 1. The molecule has 0 radical (unpaired) electrons. The van der Waals surface area contributed by atoms with Gasteiger partial charge in [0.2, 0.25) is 0 Å². The lowest BCUT2D eigenvalue weighted by Crippen LogP contribution is -2.29. The lowest BCUT2D eigenvalue weighted by Gasteiger charge is -2.20. The van der Waals surface area contributed by atoms with Gasteiger partial charge in [0.25, 0.3) is 0 Å². The van der Waals surface area contributed by atoms with Crippen molar-refractivity contribution in [3.8, 4) is 6.07 Å². The lowest BCUT2D eigenvalue weighted by molar-refractivity contribution is 0.201. The third-order valence-electron chi connectivity index (χ3n) is 3.67. The van der Waals surface area contributed by atoms with Crippen LogP contribution in [0, 0.1) is 25.2 Å². The molecular formula is C17H19ClN4O2. The summed E-state index contributed by atoms with van der Waals surface area (Å²) in [6, 6.07) is 8.97. The summed E-state index contributed by atoms with van der Waals surface area (Å²) in [5.74, 6) is 0. The SMILES string of the molecule is Cc1nn(CC(C)Cl)c(C)c1N(Cc1cccc(C#N)c1)C(=O)O. The number of alkyl halides is 1. The molecule has 0 aliphatic rings. The van der Waals surface area contributed by atoms with Crippen molar-refractivity contribution in [3.63, 3.8) is 0 Å². The van der Waals surface area contributed by atoms with Crippen molar-refractivity contribution in [1.29, 1.82) is 5.26 Å². The van der Waals surface area contributed by atoms with E-state index in [1.807, 2.05) is 13.8 Å². The van der Waals surface area contributed by atoms with Gasteiger partial charge in [0.15, 0.2) is 0 Å². The van der Waals surface area contributed by atoms with E-state index < -0.39 is 6.09 Å². The molecule has 2 aromatic rings.